The van der Waals surface area contributed by atoms with Crippen molar-refractivity contribution in [1.29, 1.82) is 0 Å². The van der Waals surface area contributed by atoms with E-state index in [-0.39, 0.29) is 76.3 Å². The third-order valence-electron chi connectivity index (χ3n) is 14.9. The van der Waals surface area contributed by atoms with Crippen molar-refractivity contribution in [3.8, 4) is 51.7 Å². The second-order valence-electron chi connectivity index (χ2n) is 21.4. The molecule has 0 saturated carbocycles. The van der Waals surface area contributed by atoms with Crippen LogP contribution < -0.4 is 42.6 Å². The van der Waals surface area contributed by atoms with Gasteiger partial charge in [0.1, 0.15) is 81.8 Å². The molecule has 11 heteroatoms. The number of hydrogen-bond acceptors (Lipinski definition) is 11. The number of ether oxygens (including phenoxy) is 10. The summed E-state index contributed by atoms with van der Waals surface area (Å²) in [6, 6.07) is 90.0. The summed E-state index contributed by atoms with van der Waals surface area (Å²) in [6.45, 7) is 1.62. The van der Waals surface area contributed by atoms with Crippen molar-refractivity contribution in [1.82, 2.24) is 0 Å². The number of rotatable bonds is 27. The zero-order valence-electron chi connectivity index (χ0n) is 49.1. The average molecular weight is 1180 g/mol. The van der Waals surface area contributed by atoms with Crippen molar-refractivity contribution in [2.75, 3.05) is 0 Å². The highest BCUT2D eigenvalue weighted by molar-refractivity contribution is 5.94. The quantitative estimate of drug-likeness (QED) is 0.0459. The Balaban J connectivity index is 0.986. The van der Waals surface area contributed by atoms with E-state index in [1.165, 1.54) is 0 Å². The smallest absolute Gasteiger partial charge is 0.342 e. The van der Waals surface area contributed by atoms with E-state index in [4.69, 9.17) is 47.4 Å². The van der Waals surface area contributed by atoms with Crippen LogP contribution >= 0.6 is 0 Å². The summed E-state index contributed by atoms with van der Waals surface area (Å²) in [5.74, 6) is 2.72. The lowest BCUT2D eigenvalue weighted by molar-refractivity contribution is -0.0194. The Morgan fingerprint density at radius 2 is 0.663 bits per heavy atom. The molecule has 1 aliphatic heterocycles. The molecular weight excluding hydrogens is 1110 g/mol. The van der Waals surface area contributed by atoms with E-state index in [9.17, 15) is 0 Å². The van der Waals surface area contributed by atoms with Gasteiger partial charge in [-0.2, -0.15) is 0 Å². The van der Waals surface area contributed by atoms with E-state index in [2.05, 4.69) is 0 Å². The van der Waals surface area contributed by atoms with Gasteiger partial charge in [0.25, 0.3) is 0 Å². The maximum Gasteiger partial charge on any atom is 0.342 e. The van der Waals surface area contributed by atoms with Crippen LogP contribution in [0.5, 0.6) is 51.7 Å². The Morgan fingerprint density at radius 3 is 1.07 bits per heavy atom. The molecule has 0 unspecified atom stereocenters. The number of benzene rings is 11. The Bertz CT molecular complexity index is 3940. The molecular formula is C78H66O11. The van der Waals surface area contributed by atoms with E-state index in [1.807, 2.05) is 267 Å². The molecule has 1 aliphatic rings. The SMILES string of the molecule is O=C(O[C@@H]1Cc2c(OCc3ccccc3)cc(OCc3ccccc3)cc2O[C@H]1c1cc(OCc2ccccc2)c(OCc2ccccc2)c(OCc2ccccc2)c1)c1ccc(OCc2ccccc2)c(OCc2ccccc2)c1OCc1ccccc1. The topological polar surface area (TPSA) is 109 Å². The van der Waals surface area contributed by atoms with Crippen molar-refractivity contribution < 1.29 is 52.2 Å². The molecule has 2 atom stereocenters. The Morgan fingerprint density at radius 1 is 0.326 bits per heavy atom. The van der Waals surface area contributed by atoms with E-state index in [1.54, 1.807) is 12.1 Å². The highest BCUT2D eigenvalue weighted by Gasteiger charge is 2.39. The molecule has 0 N–H and O–H groups in total. The number of carbonyl (C=O) groups is 1. The van der Waals surface area contributed by atoms with Gasteiger partial charge in [0.05, 0.1) is 0 Å². The summed E-state index contributed by atoms with van der Waals surface area (Å²) in [5, 5.41) is 0. The van der Waals surface area contributed by atoms with Crippen LogP contribution in [0.3, 0.4) is 0 Å². The van der Waals surface area contributed by atoms with Crippen molar-refractivity contribution in [2.24, 2.45) is 0 Å². The molecule has 0 amide bonds. The van der Waals surface area contributed by atoms with E-state index in [0.29, 0.717) is 51.4 Å². The predicted molar refractivity (Wildman–Crippen MR) is 342 cm³/mol. The van der Waals surface area contributed by atoms with Crippen LogP contribution in [0.2, 0.25) is 0 Å². The van der Waals surface area contributed by atoms with Crippen molar-refractivity contribution in [2.45, 2.75) is 71.5 Å². The zero-order valence-corrected chi connectivity index (χ0v) is 49.1. The third kappa shape index (κ3) is 15.8. The van der Waals surface area contributed by atoms with E-state index < -0.39 is 18.2 Å². The van der Waals surface area contributed by atoms with Gasteiger partial charge < -0.3 is 47.4 Å². The first kappa shape index (κ1) is 58.5. The molecule has 0 spiro atoms. The third-order valence-corrected chi connectivity index (χ3v) is 14.9. The summed E-state index contributed by atoms with van der Waals surface area (Å²) < 4.78 is 68.1. The Labute approximate surface area is 519 Å². The van der Waals surface area contributed by atoms with Crippen LogP contribution in [0.25, 0.3) is 0 Å². The predicted octanol–water partition coefficient (Wildman–Crippen LogP) is 17.2. The minimum atomic E-state index is -1.03. The van der Waals surface area contributed by atoms with Gasteiger partial charge in [0.15, 0.2) is 29.1 Å². The van der Waals surface area contributed by atoms with Crippen LogP contribution in [0, 0.1) is 0 Å². The van der Waals surface area contributed by atoms with Crippen LogP contribution in [0.15, 0.2) is 279 Å². The van der Waals surface area contributed by atoms with Gasteiger partial charge in [0.2, 0.25) is 11.5 Å². The molecule has 0 aromatic heterocycles. The van der Waals surface area contributed by atoms with Crippen LogP contribution in [0.4, 0.5) is 0 Å². The maximum atomic E-state index is 15.8. The van der Waals surface area contributed by atoms with Gasteiger partial charge in [0, 0.05) is 29.7 Å². The van der Waals surface area contributed by atoms with Crippen molar-refractivity contribution >= 4 is 5.97 Å². The van der Waals surface area contributed by atoms with Crippen LogP contribution in [-0.4, -0.2) is 12.1 Å². The molecule has 0 aliphatic carbocycles. The summed E-state index contributed by atoms with van der Waals surface area (Å²) in [5.41, 5.74) is 8.84. The summed E-state index contributed by atoms with van der Waals surface area (Å²) >= 11 is 0. The van der Waals surface area contributed by atoms with Gasteiger partial charge in [-0.15, -0.1) is 0 Å². The molecule has 11 aromatic rings. The minimum Gasteiger partial charge on any atom is -0.489 e. The highest BCUT2D eigenvalue weighted by atomic mass is 16.6. The number of esters is 1. The van der Waals surface area contributed by atoms with Gasteiger partial charge in [-0.25, -0.2) is 4.79 Å². The normalized spacial score (nSPS) is 13.2. The maximum absolute atomic E-state index is 15.8. The van der Waals surface area contributed by atoms with Gasteiger partial charge in [-0.3, -0.25) is 0 Å². The van der Waals surface area contributed by atoms with Crippen molar-refractivity contribution in [3.05, 3.63) is 340 Å². The second-order valence-corrected chi connectivity index (χ2v) is 21.4. The lowest BCUT2D eigenvalue weighted by Crippen LogP contribution is -2.35. The number of hydrogen-bond donors (Lipinski definition) is 0. The molecule has 89 heavy (non-hydrogen) atoms. The Kier molecular flexibility index (Phi) is 19.4. The molecule has 1 heterocycles. The van der Waals surface area contributed by atoms with Crippen LogP contribution in [-0.2, 0) is 64.0 Å². The molecule has 11 aromatic carbocycles. The lowest BCUT2D eigenvalue weighted by atomic mass is 9.93. The zero-order chi connectivity index (χ0) is 60.2. The van der Waals surface area contributed by atoms with Gasteiger partial charge >= 0.3 is 5.97 Å². The van der Waals surface area contributed by atoms with Crippen LogP contribution in [0.1, 0.15) is 72.1 Å². The first-order chi connectivity index (χ1) is 44.0. The minimum absolute atomic E-state index is 0.0977. The summed E-state index contributed by atoms with van der Waals surface area (Å²) in [7, 11) is 0. The molecule has 11 nitrogen and oxygen atoms in total. The second kappa shape index (κ2) is 29.5. The largest absolute Gasteiger partial charge is 0.489 e. The molecule has 444 valence electrons. The fraction of sp³-hybridized carbons (Fsp3) is 0.141. The highest BCUT2D eigenvalue weighted by Crippen LogP contribution is 2.49. The van der Waals surface area contributed by atoms with Gasteiger partial charge in [-0.1, -0.05) is 243 Å². The lowest BCUT2D eigenvalue weighted by Gasteiger charge is -2.35. The monoisotopic (exact) mass is 1180 g/mol. The van der Waals surface area contributed by atoms with Gasteiger partial charge in [-0.05, 0) is 68.8 Å². The number of carbonyl (C=O) groups excluding carboxylic acids is 1. The molecule has 0 fully saturated rings. The fourth-order valence-electron chi connectivity index (χ4n) is 10.3. The number of fused-ring (bicyclic) bond motifs is 1. The molecule has 12 rings (SSSR count). The fourth-order valence-corrected chi connectivity index (χ4v) is 10.3. The standard InChI is InChI=1S/C78H66O11/c79-78(66-41-42-68(81-49-57-27-11-2-12-28-57)77(87-55-63-39-23-8-24-40-63)75(66)85-53-61-35-19-6-20-36-61)89-73-47-67-69(82-50-58-29-13-3-14-30-58)45-65(80-48-56-25-9-1-10-26-56)46-70(67)88-74(73)64-43-71(83-51-59-31-15-4-16-32-59)76(86-54-62-37-21-7-22-38-62)72(44-64)84-52-60-33-17-5-18-34-60/h1-46,73-74H,47-55H2/t73-,74+/m1/s1. The first-order valence-electron chi connectivity index (χ1n) is 29.7. The molecule has 0 radical (unpaired) electrons. The summed E-state index contributed by atoms with van der Waals surface area (Å²) in [4.78, 5) is 15.8. The average Bonchev–Trinajstić information content (AvgIpc) is 2.24. The molecule has 0 bridgehead atoms. The van der Waals surface area contributed by atoms with E-state index >= 15 is 4.79 Å². The summed E-state index contributed by atoms with van der Waals surface area (Å²) in [6.07, 6.45) is -1.90. The molecule has 0 saturated heterocycles. The Hall–Kier alpha value is -10.9. The first-order valence-corrected chi connectivity index (χ1v) is 29.7. The van der Waals surface area contributed by atoms with E-state index in [0.717, 1.165) is 44.5 Å². The van der Waals surface area contributed by atoms with Crippen molar-refractivity contribution in [3.63, 3.8) is 0 Å².